The van der Waals surface area contributed by atoms with Crippen molar-refractivity contribution in [1.82, 2.24) is 5.43 Å². The number of ether oxygens (including phenoxy) is 3. The summed E-state index contributed by atoms with van der Waals surface area (Å²) in [4.78, 5) is 24.3. The predicted molar refractivity (Wildman–Crippen MR) is 127 cm³/mol. The van der Waals surface area contributed by atoms with E-state index in [2.05, 4.69) is 10.5 Å². The molecule has 10 heteroatoms. The summed E-state index contributed by atoms with van der Waals surface area (Å²) in [5, 5.41) is 4.96. The Labute approximate surface area is 204 Å². The van der Waals surface area contributed by atoms with Crippen molar-refractivity contribution in [2.45, 2.75) is 0 Å². The summed E-state index contributed by atoms with van der Waals surface area (Å²) < 4.78 is 16.0. The van der Waals surface area contributed by atoms with Crippen LogP contribution in [0.4, 0.5) is 0 Å². The van der Waals surface area contributed by atoms with E-state index in [1.54, 1.807) is 42.5 Å². The molecule has 1 amide bonds. The van der Waals surface area contributed by atoms with E-state index in [-0.39, 0.29) is 22.9 Å². The lowest BCUT2D eigenvalue weighted by Gasteiger charge is -2.10. The monoisotopic (exact) mass is 506 g/mol. The Kier molecular flexibility index (Phi) is 8.54. The molecule has 0 saturated heterocycles. The van der Waals surface area contributed by atoms with Crippen LogP contribution >= 0.6 is 34.8 Å². The molecule has 170 valence electrons. The van der Waals surface area contributed by atoms with E-state index in [4.69, 9.17) is 49.0 Å². The van der Waals surface area contributed by atoms with Crippen LogP contribution in [-0.2, 0) is 4.79 Å². The standard InChI is InChI=1S/C23H17Cl3N2O5/c1-31-21-9-14(12-27-28-22(29)13-32-17-4-2-3-16(24)11-17)5-8-20(21)33-23(30)15-6-7-18(25)19(26)10-15/h2-12H,13H2,1H3,(H,28,29)/b27-12-. The van der Waals surface area contributed by atoms with Crippen molar-refractivity contribution in [2.24, 2.45) is 5.10 Å². The minimum atomic E-state index is -0.625. The highest BCUT2D eigenvalue weighted by atomic mass is 35.5. The average molecular weight is 508 g/mol. The summed E-state index contributed by atoms with van der Waals surface area (Å²) in [5.74, 6) is -0.115. The van der Waals surface area contributed by atoms with Crippen LogP contribution in [0.2, 0.25) is 15.1 Å². The number of rotatable bonds is 8. The highest BCUT2D eigenvalue weighted by molar-refractivity contribution is 6.42. The van der Waals surface area contributed by atoms with Crippen molar-refractivity contribution in [3.63, 3.8) is 0 Å². The first-order chi connectivity index (χ1) is 15.9. The molecule has 0 aromatic heterocycles. The number of carbonyl (C=O) groups excluding carboxylic acids is 2. The summed E-state index contributed by atoms with van der Waals surface area (Å²) in [5.41, 5.74) is 3.19. The first-order valence-corrected chi connectivity index (χ1v) is 10.5. The highest BCUT2D eigenvalue weighted by Crippen LogP contribution is 2.29. The number of halogens is 3. The van der Waals surface area contributed by atoms with Crippen molar-refractivity contribution in [3.05, 3.63) is 86.9 Å². The van der Waals surface area contributed by atoms with E-state index < -0.39 is 11.9 Å². The Bertz CT molecular complexity index is 1200. The molecule has 0 aliphatic carbocycles. The summed E-state index contributed by atoms with van der Waals surface area (Å²) >= 11 is 17.7. The van der Waals surface area contributed by atoms with E-state index >= 15 is 0 Å². The Hall–Kier alpha value is -3.26. The lowest BCUT2D eigenvalue weighted by Crippen LogP contribution is -2.24. The molecule has 33 heavy (non-hydrogen) atoms. The maximum Gasteiger partial charge on any atom is 0.343 e. The van der Waals surface area contributed by atoms with Crippen molar-refractivity contribution < 1.29 is 23.8 Å². The van der Waals surface area contributed by atoms with Gasteiger partial charge in [0.05, 0.1) is 28.9 Å². The van der Waals surface area contributed by atoms with Gasteiger partial charge >= 0.3 is 5.97 Å². The fraction of sp³-hybridized carbons (Fsp3) is 0.0870. The second-order valence-corrected chi connectivity index (χ2v) is 7.72. The molecule has 0 aliphatic heterocycles. The largest absolute Gasteiger partial charge is 0.493 e. The third kappa shape index (κ3) is 7.12. The third-order valence-corrected chi connectivity index (χ3v) is 5.09. The van der Waals surface area contributed by atoms with Gasteiger partial charge in [0.15, 0.2) is 18.1 Å². The molecule has 3 aromatic carbocycles. The van der Waals surface area contributed by atoms with Gasteiger partial charge in [-0.05, 0) is 60.2 Å². The van der Waals surface area contributed by atoms with E-state index in [0.29, 0.717) is 27.1 Å². The van der Waals surface area contributed by atoms with Gasteiger partial charge in [0.2, 0.25) is 0 Å². The molecule has 3 rings (SSSR count). The van der Waals surface area contributed by atoms with Crippen LogP contribution < -0.4 is 19.6 Å². The molecule has 0 radical (unpaired) electrons. The van der Waals surface area contributed by atoms with Gasteiger partial charge in [-0.2, -0.15) is 5.10 Å². The van der Waals surface area contributed by atoms with Gasteiger partial charge in [0.1, 0.15) is 5.75 Å². The first-order valence-electron chi connectivity index (χ1n) is 9.41. The fourth-order valence-corrected chi connectivity index (χ4v) is 3.03. The lowest BCUT2D eigenvalue weighted by molar-refractivity contribution is -0.123. The number of carbonyl (C=O) groups is 2. The number of hydrogen-bond acceptors (Lipinski definition) is 6. The molecular weight excluding hydrogens is 491 g/mol. The van der Waals surface area contributed by atoms with Gasteiger partial charge in [-0.15, -0.1) is 0 Å². The molecule has 3 aromatic rings. The van der Waals surface area contributed by atoms with E-state index in [0.717, 1.165) is 0 Å². The van der Waals surface area contributed by atoms with Crippen LogP contribution in [0.5, 0.6) is 17.2 Å². The van der Waals surface area contributed by atoms with Crippen LogP contribution in [0.1, 0.15) is 15.9 Å². The molecule has 1 N–H and O–H groups in total. The molecule has 0 spiro atoms. The highest BCUT2D eigenvalue weighted by Gasteiger charge is 2.14. The van der Waals surface area contributed by atoms with E-state index in [9.17, 15) is 9.59 Å². The van der Waals surface area contributed by atoms with Crippen molar-refractivity contribution in [3.8, 4) is 17.2 Å². The molecule has 0 fully saturated rings. The number of nitrogens with zero attached hydrogens (tertiary/aromatic N) is 1. The Morgan fingerprint density at radius 1 is 0.970 bits per heavy atom. The lowest BCUT2D eigenvalue weighted by atomic mass is 10.2. The zero-order valence-corrected chi connectivity index (χ0v) is 19.4. The molecular formula is C23H17Cl3N2O5. The number of benzene rings is 3. The molecule has 0 saturated carbocycles. The minimum Gasteiger partial charge on any atom is -0.493 e. The maximum absolute atomic E-state index is 12.4. The van der Waals surface area contributed by atoms with Gasteiger partial charge < -0.3 is 14.2 Å². The summed E-state index contributed by atoms with van der Waals surface area (Å²) in [6.45, 7) is -0.232. The number of amides is 1. The van der Waals surface area contributed by atoms with Gasteiger partial charge in [-0.1, -0.05) is 40.9 Å². The van der Waals surface area contributed by atoms with Crippen LogP contribution in [0, 0.1) is 0 Å². The average Bonchev–Trinajstić information content (AvgIpc) is 2.80. The van der Waals surface area contributed by atoms with Crippen molar-refractivity contribution >= 4 is 52.9 Å². The van der Waals surface area contributed by atoms with Crippen LogP contribution in [0.25, 0.3) is 0 Å². The van der Waals surface area contributed by atoms with Gasteiger partial charge in [-0.25, -0.2) is 10.2 Å². The number of nitrogens with one attached hydrogen (secondary N) is 1. The Balaban J connectivity index is 1.58. The summed E-state index contributed by atoms with van der Waals surface area (Å²) in [6.07, 6.45) is 1.41. The minimum absolute atomic E-state index is 0.199. The zero-order valence-electron chi connectivity index (χ0n) is 17.2. The number of hydrazone groups is 1. The number of methoxy groups -OCH3 is 1. The van der Waals surface area contributed by atoms with E-state index in [1.165, 1.54) is 31.5 Å². The predicted octanol–water partition coefficient (Wildman–Crippen LogP) is 5.40. The van der Waals surface area contributed by atoms with Crippen LogP contribution in [0.15, 0.2) is 65.8 Å². The molecule has 0 aliphatic rings. The third-order valence-electron chi connectivity index (χ3n) is 4.11. The second kappa shape index (κ2) is 11.6. The molecule has 0 atom stereocenters. The Morgan fingerprint density at radius 3 is 2.52 bits per heavy atom. The van der Waals surface area contributed by atoms with Crippen LogP contribution in [-0.4, -0.2) is 31.8 Å². The van der Waals surface area contributed by atoms with Crippen LogP contribution in [0.3, 0.4) is 0 Å². The Morgan fingerprint density at radius 2 is 1.79 bits per heavy atom. The van der Waals surface area contributed by atoms with Gasteiger partial charge in [-0.3, -0.25) is 4.79 Å². The van der Waals surface area contributed by atoms with Gasteiger partial charge in [0, 0.05) is 5.02 Å². The second-order valence-electron chi connectivity index (χ2n) is 6.47. The summed E-state index contributed by atoms with van der Waals surface area (Å²) in [7, 11) is 1.43. The molecule has 0 heterocycles. The topological polar surface area (TPSA) is 86.2 Å². The normalized spacial score (nSPS) is 10.7. The smallest absolute Gasteiger partial charge is 0.343 e. The zero-order chi connectivity index (χ0) is 23.8. The quantitative estimate of drug-likeness (QED) is 0.191. The summed E-state index contributed by atoms with van der Waals surface area (Å²) in [6, 6.07) is 15.9. The van der Waals surface area contributed by atoms with Crippen molar-refractivity contribution in [2.75, 3.05) is 13.7 Å². The molecule has 0 unspecified atom stereocenters. The molecule has 0 bridgehead atoms. The molecule has 7 nitrogen and oxygen atoms in total. The first kappa shape index (κ1) is 24.4. The number of esters is 1. The number of hydrogen-bond donors (Lipinski definition) is 1. The van der Waals surface area contributed by atoms with E-state index in [1.807, 2.05) is 0 Å². The SMILES string of the molecule is COc1cc(/C=N\NC(=O)COc2cccc(Cl)c2)ccc1OC(=O)c1ccc(Cl)c(Cl)c1. The fourth-order valence-electron chi connectivity index (χ4n) is 2.55. The maximum atomic E-state index is 12.4. The van der Waals surface area contributed by atoms with Crippen molar-refractivity contribution in [1.29, 1.82) is 0 Å². The van der Waals surface area contributed by atoms with Gasteiger partial charge in [0.25, 0.3) is 5.91 Å².